The summed E-state index contributed by atoms with van der Waals surface area (Å²) in [4.78, 5) is 11.2. The van der Waals surface area contributed by atoms with Gasteiger partial charge < -0.3 is 15.2 Å². The van der Waals surface area contributed by atoms with E-state index in [1.807, 2.05) is 26.4 Å². The molecule has 1 aromatic heterocycles. The van der Waals surface area contributed by atoms with E-state index < -0.39 is 0 Å². The Hall–Kier alpha value is -2.34. The molecule has 0 unspecified atom stereocenters. The van der Waals surface area contributed by atoms with Crippen LogP contribution in [0.25, 0.3) is 0 Å². The molecular weight excluding hydrogens is 360 g/mol. The summed E-state index contributed by atoms with van der Waals surface area (Å²) in [7, 11) is 1.83. The van der Waals surface area contributed by atoms with Gasteiger partial charge in [0, 0.05) is 45.6 Å². The van der Waals surface area contributed by atoms with Crippen LogP contribution in [0.2, 0.25) is 0 Å². The zero-order valence-corrected chi connectivity index (χ0v) is 18.0. The highest BCUT2D eigenvalue weighted by Gasteiger charge is 2.10. The molecule has 0 amide bonds. The molecule has 0 atom stereocenters. The Morgan fingerprint density at radius 2 is 1.79 bits per heavy atom. The lowest BCUT2D eigenvalue weighted by molar-refractivity contribution is 0.221. The zero-order valence-electron chi connectivity index (χ0n) is 18.0. The average Bonchev–Trinajstić information content (AvgIpc) is 3.16. The molecule has 0 saturated carbocycles. The van der Waals surface area contributed by atoms with Gasteiger partial charge in [0.25, 0.3) is 0 Å². The molecule has 0 radical (unpaired) electrons. The SMILES string of the molecule is CN=C(NCCCCn1ccnc1C)NCc1ccc(CN2CCCCC2)cc1. The Kier molecular flexibility index (Phi) is 8.56. The van der Waals surface area contributed by atoms with Gasteiger partial charge in [0.1, 0.15) is 5.82 Å². The largest absolute Gasteiger partial charge is 0.356 e. The highest BCUT2D eigenvalue weighted by molar-refractivity contribution is 5.79. The van der Waals surface area contributed by atoms with Crippen molar-refractivity contribution in [3.05, 3.63) is 53.6 Å². The van der Waals surface area contributed by atoms with Crippen LogP contribution in [0.4, 0.5) is 0 Å². The molecule has 1 aliphatic heterocycles. The van der Waals surface area contributed by atoms with Gasteiger partial charge >= 0.3 is 0 Å². The van der Waals surface area contributed by atoms with E-state index in [2.05, 4.69) is 54.3 Å². The quantitative estimate of drug-likeness (QED) is 0.388. The molecule has 0 spiro atoms. The predicted molar refractivity (Wildman–Crippen MR) is 120 cm³/mol. The second kappa shape index (κ2) is 11.6. The first-order chi connectivity index (χ1) is 14.2. The van der Waals surface area contributed by atoms with Gasteiger partial charge in [-0.2, -0.15) is 0 Å². The molecule has 0 bridgehead atoms. The number of aryl methyl sites for hydroxylation is 2. The van der Waals surface area contributed by atoms with Gasteiger partial charge in [-0.3, -0.25) is 9.89 Å². The number of benzene rings is 1. The number of nitrogens with zero attached hydrogens (tertiary/aromatic N) is 4. The number of hydrogen-bond acceptors (Lipinski definition) is 3. The highest BCUT2D eigenvalue weighted by atomic mass is 15.2. The number of likely N-dealkylation sites (tertiary alicyclic amines) is 1. The van der Waals surface area contributed by atoms with Crippen molar-refractivity contribution in [1.29, 1.82) is 0 Å². The maximum Gasteiger partial charge on any atom is 0.191 e. The summed E-state index contributed by atoms with van der Waals surface area (Å²) < 4.78 is 2.20. The molecule has 0 aliphatic carbocycles. The average molecular weight is 397 g/mol. The van der Waals surface area contributed by atoms with Crippen LogP contribution in [0.1, 0.15) is 49.1 Å². The summed E-state index contributed by atoms with van der Waals surface area (Å²) in [6.07, 6.45) is 10.2. The monoisotopic (exact) mass is 396 g/mol. The minimum atomic E-state index is 0.790. The number of guanidine groups is 1. The lowest BCUT2D eigenvalue weighted by atomic mass is 10.1. The van der Waals surface area contributed by atoms with Crippen molar-refractivity contribution in [2.45, 2.75) is 58.7 Å². The molecule has 2 heterocycles. The van der Waals surface area contributed by atoms with Crippen molar-refractivity contribution in [2.75, 3.05) is 26.7 Å². The molecule has 1 fully saturated rings. The van der Waals surface area contributed by atoms with Crippen LogP contribution < -0.4 is 10.6 Å². The van der Waals surface area contributed by atoms with Gasteiger partial charge in [-0.25, -0.2) is 4.98 Å². The van der Waals surface area contributed by atoms with E-state index in [9.17, 15) is 0 Å². The summed E-state index contributed by atoms with van der Waals surface area (Å²) >= 11 is 0. The first kappa shape index (κ1) is 21.4. The Balaban J connectivity index is 1.32. The molecule has 29 heavy (non-hydrogen) atoms. The molecule has 1 saturated heterocycles. The maximum atomic E-state index is 4.33. The fraction of sp³-hybridized carbons (Fsp3) is 0.565. The highest BCUT2D eigenvalue weighted by Crippen LogP contribution is 2.13. The summed E-state index contributed by atoms with van der Waals surface area (Å²) in [6.45, 7) is 8.34. The smallest absolute Gasteiger partial charge is 0.191 e. The number of hydrogen-bond donors (Lipinski definition) is 2. The number of unbranched alkanes of at least 4 members (excludes halogenated alkanes) is 1. The van der Waals surface area contributed by atoms with Crippen LogP contribution in [0.3, 0.4) is 0 Å². The molecular formula is C23H36N6. The van der Waals surface area contributed by atoms with Crippen LogP contribution in [0.5, 0.6) is 0 Å². The summed E-state index contributed by atoms with van der Waals surface area (Å²) in [5.74, 6) is 1.94. The van der Waals surface area contributed by atoms with Gasteiger partial charge in [-0.15, -0.1) is 0 Å². The lowest BCUT2D eigenvalue weighted by Crippen LogP contribution is -2.37. The van der Waals surface area contributed by atoms with Gasteiger partial charge in [-0.1, -0.05) is 30.7 Å². The van der Waals surface area contributed by atoms with E-state index in [0.717, 1.165) is 50.8 Å². The molecule has 1 aromatic carbocycles. The van der Waals surface area contributed by atoms with Crippen molar-refractivity contribution >= 4 is 5.96 Å². The van der Waals surface area contributed by atoms with Crippen LogP contribution in [0, 0.1) is 6.92 Å². The van der Waals surface area contributed by atoms with Gasteiger partial charge in [0.2, 0.25) is 0 Å². The minimum absolute atomic E-state index is 0.790. The maximum absolute atomic E-state index is 4.33. The number of imidazole rings is 1. The molecule has 6 heteroatoms. The van der Waals surface area contributed by atoms with Gasteiger partial charge in [0.15, 0.2) is 5.96 Å². The van der Waals surface area contributed by atoms with Crippen molar-refractivity contribution in [2.24, 2.45) is 4.99 Å². The van der Waals surface area contributed by atoms with Gasteiger partial charge in [-0.05, 0) is 56.8 Å². The fourth-order valence-corrected chi connectivity index (χ4v) is 3.80. The van der Waals surface area contributed by atoms with Crippen LogP contribution in [0.15, 0.2) is 41.7 Å². The van der Waals surface area contributed by atoms with E-state index in [1.165, 1.54) is 43.5 Å². The number of rotatable bonds is 9. The molecule has 158 valence electrons. The summed E-state index contributed by atoms with van der Waals surface area (Å²) in [5.41, 5.74) is 2.69. The molecule has 2 N–H and O–H groups in total. The first-order valence-electron chi connectivity index (χ1n) is 11.0. The Labute approximate surface area is 175 Å². The predicted octanol–water partition coefficient (Wildman–Crippen LogP) is 3.32. The Morgan fingerprint density at radius 3 is 2.48 bits per heavy atom. The van der Waals surface area contributed by atoms with Crippen molar-refractivity contribution in [3.8, 4) is 0 Å². The number of nitrogens with one attached hydrogen (secondary N) is 2. The zero-order chi connectivity index (χ0) is 20.3. The van der Waals surface area contributed by atoms with Crippen molar-refractivity contribution in [1.82, 2.24) is 25.1 Å². The lowest BCUT2D eigenvalue weighted by Gasteiger charge is -2.26. The number of piperidine rings is 1. The summed E-state index contributed by atoms with van der Waals surface area (Å²) in [5, 5.41) is 6.82. The molecule has 2 aromatic rings. The standard InChI is InChI=1S/C23H36N6/c1-20-25-13-17-29(20)16-7-4-12-26-23(24-2)27-18-21-8-10-22(11-9-21)19-28-14-5-3-6-15-28/h8-11,13,17H,3-7,12,14-16,18-19H2,1-2H3,(H2,24,26,27). The topological polar surface area (TPSA) is 57.5 Å². The van der Waals surface area contributed by atoms with E-state index in [-0.39, 0.29) is 0 Å². The van der Waals surface area contributed by atoms with E-state index in [0.29, 0.717) is 0 Å². The normalized spacial score (nSPS) is 15.4. The van der Waals surface area contributed by atoms with E-state index >= 15 is 0 Å². The third kappa shape index (κ3) is 7.20. The molecule has 3 rings (SSSR count). The van der Waals surface area contributed by atoms with Gasteiger partial charge in [0.05, 0.1) is 0 Å². The fourth-order valence-electron chi connectivity index (χ4n) is 3.80. The molecule has 1 aliphatic rings. The second-order valence-corrected chi connectivity index (χ2v) is 7.88. The van der Waals surface area contributed by atoms with Crippen LogP contribution >= 0.6 is 0 Å². The van der Waals surface area contributed by atoms with Crippen LogP contribution in [-0.2, 0) is 19.6 Å². The first-order valence-corrected chi connectivity index (χ1v) is 11.0. The van der Waals surface area contributed by atoms with E-state index in [1.54, 1.807) is 0 Å². The Bertz CT molecular complexity index is 743. The van der Waals surface area contributed by atoms with Crippen LogP contribution in [-0.4, -0.2) is 47.1 Å². The summed E-state index contributed by atoms with van der Waals surface area (Å²) in [6, 6.07) is 8.99. The van der Waals surface area contributed by atoms with Crippen molar-refractivity contribution in [3.63, 3.8) is 0 Å². The minimum Gasteiger partial charge on any atom is -0.356 e. The third-order valence-corrected chi connectivity index (χ3v) is 5.60. The van der Waals surface area contributed by atoms with Crippen molar-refractivity contribution < 1.29 is 0 Å². The second-order valence-electron chi connectivity index (χ2n) is 7.88. The third-order valence-electron chi connectivity index (χ3n) is 5.60. The van der Waals surface area contributed by atoms with E-state index in [4.69, 9.17) is 0 Å². The Morgan fingerprint density at radius 1 is 1.03 bits per heavy atom. The number of aromatic nitrogens is 2. The number of aliphatic imine (C=N–C) groups is 1. The molecule has 6 nitrogen and oxygen atoms in total.